The molecule has 0 bridgehead atoms. The summed E-state index contributed by atoms with van der Waals surface area (Å²) in [6.45, 7) is 14.0. The Labute approximate surface area is 220 Å². The van der Waals surface area contributed by atoms with Gasteiger partial charge >= 0.3 is 0 Å². The molecule has 6 rings (SSSR count). The lowest BCUT2D eigenvalue weighted by atomic mass is 9.77. The van der Waals surface area contributed by atoms with Crippen LogP contribution >= 0.6 is 0 Å². The van der Waals surface area contributed by atoms with Crippen LogP contribution in [0.4, 0.5) is 0 Å². The van der Waals surface area contributed by atoms with Gasteiger partial charge in [0.25, 0.3) is 0 Å². The van der Waals surface area contributed by atoms with Crippen LogP contribution in [0.5, 0.6) is 0 Å². The standard InChI is InChI=1S/2C16H27NO/c2*1-9(2)12-8-7-10(3)13-14(12)15(13)16(18)17-11-5-4-6-11/h2*9-15H,4-8H2,1-3H3,(H,17,18)/t10-,12+,13+,14-,15-;10-,12+,13-,14+,15+/m11/s1. The van der Waals surface area contributed by atoms with Crippen molar-refractivity contribution >= 4 is 11.8 Å². The third-order valence-corrected chi connectivity index (χ3v) is 11.7. The summed E-state index contributed by atoms with van der Waals surface area (Å²) in [5.41, 5.74) is 0. The lowest BCUT2D eigenvalue weighted by Gasteiger charge is -2.28. The van der Waals surface area contributed by atoms with Crippen molar-refractivity contribution in [3.05, 3.63) is 0 Å². The first kappa shape index (κ1) is 26.5. The second kappa shape index (κ2) is 10.6. The zero-order valence-corrected chi connectivity index (χ0v) is 24.0. The molecule has 6 saturated carbocycles. The van der Waals surface area contributed by atoms with Crippen LogP contribution in [0.25, 0.3) is 0 Å². The number of fused-ring (bicyclic) bond motifs is 2. The second-order valence-corrected chi connectivity index (χ2v) is 14.6. The SMILES string of the molecule is CC(C)[C@@H]1CC[C@@H](C)[C@@H]2[C@@H](C(=O)NC3CCC3)[C@@H]21.CC(C)[C@@H]1CC[C@@H](C)[C@H]2[C@H](C(=O)NC3CCC3)[C@H]21. The van der Waals surface area contributed by atoms with Gasteiger partial charge in [-0.15, -0.1) is 0 Å². The van der Waals surface area contributed by atoms with Crippen molar-refractivity contribution in [2.75, 3.05) is 0 Å². The summed E-state index contributed by atoms with van der Waals surface area (Å²) in [6.07, 6.45) is 12.8. The molecule has 0 unspecified atom stereocenters. The molecule has 0 heterocycles. The first-order chi connectivity index (χ1) is 17.2. The highest BCUT2D eigenvalue weighted by molar-refractivity contribution is 5.83. The molecule has 0 aliphatic heterocycles. The lowest BCUT2D eigenvalue weighted by Crippen LogP contribution is -2.41. The Kier molecular flexibility index (Phi) is 7.82. The number of nitrogens with one attached hydrogen (secondary N) is 2. The second-order valence-electron chi connectivity index (χ2n) is 14.6. The third-order valence-electron chi connectivity index (χ3n) is 11.7. The first-order valence-electron chi connectivity index (χ1n) is 15.8. The number of carbonyl (C=O) groups excluding carboxylic acids is 2. The van der Waals surface area contributed by atoms with Gasteiger partial charge in [0.05, 0.1) is 0 Å². The van der Waals surface area contributed by atoms with Crippen LogP contribution < -0.4 is 10.6 Å². The maximum atomic E-state index is 12.4. The maximum Gasteiger partial charge on any atom is 0.223 e. The molecule has 2 N–H and O–H groups in total. The zero-order chi connectivity index (χ0) is 25.7. The summed E-state index contributed by atoms with van der Waals surface area (Å²) >= 11 is 0. The molecule has 0 saturated heterocycles. The van der Waals surface area contributed by atoms with Crippen molar-refractivity contribution < 1.29 is 9.59 Å². The van der Waals surface area contributed by atoms with E-state index in [9.17, 15) is 9.59 Å². The number of hydrogen-bond acceptors (Lipinski definition) is 2. The minimum absolute atomic E-state index is 0.357. The minimum Gasteiger partial charge on any atom is -0.353 e. The molecular weight excluding hydrogens is 444 g/mol. The van der Waals surface area contributed by atoms with E-state index >= 15 is 0 Å². The van der Waals surface area contributed by atoms with Crippen LogP contribution in [0.15, 0.2) is 0 Å². The predicted octanol–water partition coefficient (Wildman–Crippen LogP) is 6.44. The van der Waals surface area contributed by atoms with Crippen LogP contribution in [0, 0.1) is 71.0 Å². The Morgan fingerprint density at radius 3 is 1.19 bits per heavy atom. The van der Waals surface area contributed by atoms with E-state index in [1.807, 2.05) is 0 Å². The fourth-order valence-corrected chi connectivity index (χ4v) is 8.92. The predicted molar refractivity (Wildman–Crippen MR) is 146 cm³/mol. The Hall–Kier alpha value is -1.06. The van der Waals surface area contributed by atoms with E-state index in [0.29, 0.717) is 59.4 Å². The largest absolute Gasteiger partial charge is 0.353 e. The molecule has 0 radical (unpaired) electrons. The molecule has 0 aromatic heterocycles. The normalized spacial score (nSPS) is 43.2. The summed E-state index contributed by atoms with van der Waals surface area (Å²) in [5, 5.41) is 6.55. The number of rotatable bonds is 6. The van der Waals surface area contributed by atoms with Crippen LogP contribution in [-0.2, 0) is 9.59 Å². The number of amides is 2. The summed E-state index contributed by atoms with van der Waals surface area (Å²) < 4.78 is 0. The molecule has 4 nitrogen and oxygen atoms in total. The summed E-state index contributed by atoms with van der Waals surface area (Å²) in [6, 6.07) is 1.01. The molecule has 2 amide bonds. The topological polar surface area (TPSA) is 58.2 Å². The molecule has 0 aromatic rings. The van der Waals surface area contributed by atoms with E-state index < -0.39 is 0 Å². The summed E-state index contributed by atoms with van der Waals surface area (Å²) in [5.74, 6) is 8.89. The Balaban J connectivity index is 0.000000148. The molecule has 4 heteroatoms. The molecule has 0 spiro atoms. The van der Waals surface area contributed by atoms with Crippen LogP contribution in [0.3, 0.4) is 0 Å². The van der Waals surface area contributed by atoms with Gasteiger partial charge in [0.1, 0.15) is 0 Å². The van der Waals surface area contributed by atoms with Gasteiger partial charge in [-0.3, -0.25) is 9.59 Å². The van der Waals surface area contributed by atoms with E-state index in [4.69, 9.17) is 0 Å². The Bertz CT molecular complexity index is 734. The van der Waals surface area contributed by atoms with Crippen molar-refractivity contribution in [3.8, 4) is 0 Å². The van der Waals surface area contributed by atoms with Gasteiger partial charge in [-0.05, 0) is 111 Å². The van der Waals surface area contributed by atoms with E-state index in [1.54, 1.807) is 0 Å². The lowest BCUT2D eigenvalue weighted by molar-refractivity contribution is -0.125. The first-order valence-corrected chi connectivity index (χ1v) is 15.8. The Morgan fingerprint density at radius 2 is 0.917 bits per heavy atom. The Morgan fingerprint density at radius 1 is 0.556 bits per heavy atom. The van der Waals surface area contributed by atoms with Gasteiger partial charge in [0, 0.05) is 23.9 Å². The zero-order valence-electron chi connectivity index (χ0n) is 24.0. The highest BCUT2D eigenvalue weighted by atomic mass is 16.2. The molecule has 10 atom stereocenters. The summed E-state index contributed by atoms with van der Waals surface area (Å²) in [7, 11) is 0. The number of hydrogen-bond donors (Lipinski definition) is 2. The monoisotopic (exact) mass is 498 g/mol. The average Bonchev–Trinajstić information content (AvgIpc) is 3.67. The quantitative estimate of drug-likeness (QED) is 0.443. The van der Waals surface area contributed by atoms with Gasteiger partial charge in [-0.1, -0.05) is 54.4 Å². The molecule has 0 aromatic carbocycles. The fraction of sp³-hybridized carbons (Fsp3) is 0.938. The van der Waals surface area contributed by atoms with Gasteiger partial charge in [-0.25, -0.2) is 0 Å². The molecular formula is C32H54N2O2. The third kappa shape index (κ3) is 5.13. The molecule has 6 aliphatic rings. The van der Waals surface area contributed by atoms with Gasteiger partial charge in [-0.2, -0.15) is 0 Å². The smallest absolute Gasteiger partial charge is 0.223 e. The van der Waals surface area contributed by atoms with E-state index in [-0.39, 0.29) is 0 Å². The molecule has 6 aliphatic carbocycles. The molecule has 204 valence electrons. The van der Waals surface area contributed by atoms with Crippen LogP contribution in [-0.4, -0.2) is 23.9 Å². The van der Waals surface area contributed by atoms with Gasteiger partial charge in [0.2, 0.25) is 11.8 Å². The summed E-state index contributed by atoms with van der Waals surface area (Å²) in [4.78, 5) is 24.8. The van der Waals surface area contributed by atoms with Crippen LogP contribution in [0.1, 0.15) is 106 Å². The van der Waals surface area contributed by atoms with Crippen molar-refractivity contribution in [2.24, 2.45) is 71.0 Å². The van der Waals surface area contributed by atoms with Crippen LogP contribution in [0.2, 0.25) is 0 Å². The fourth-order valence-electron chi connectivity index (χ4n) is 8.92. The molecule has 6 fully saturated rings. The number of carbonyl (C=O) groups is 2. The minimum atomic E-state index is 0.357. The van der Waals surface area contributed by atoms with Gasteiger partial charge in [0.15, 0.2) is 0 Å². The highest BCUT2D eigenvalue weighted by Gasteiger charge is 2.63. The highest BCUT2D eigenvalue weighted by Crippen LogP contribution is 2.63. The van der Waals surface area contributed by atoms with Crippen molar-refractivity contribution in [3.63, 3.8) is 0 Å². The van der Waals surface area contributed by atoms with Crippen molar-refractivity contribution in [1.29, 1.82) is 0 Å². The van der Waals surface area contributed by atoms with E-state index in [2.05, 4.69) is 52.2 Å². The molecule has 36 heavy (non-hydrogen) atoms. The average molecular weight is 499 g/mol. The van der Waals surface area contributed by atoms with Crippen molar-refractivity contribution in [1.82, 2.24) is 10.6 Å². The van der Waals surface area contributed by atoms with E-state index in [1.165, 1.54) is 64.2 Å². The van der Waals surface area contributed by atoms with Crippen molar-refractivity contribution in [2.45, 2.75) is 118 Å². The maximum absolute atomic E-state index is 12.4. The van der Waals surface area contributed by atoms with E-state index in [0.717, 1.165) is 35.5 Å². The van der Waals surface area contributed by atoms with Gasteiger partial charge < -0.3 is 10.6 Å².